The van der Waals surface area contributed by atoms with Gasteiger partial charge in [-0.2, -0.15) is 0 Å². The predicted molar refractivity (Wildman–Crippen MR) is 84.9 cm³/mol. The summed E-state index contributed by atoms with van der Waals surface area (Å²) in [6, 6.07) is 0. The molecule has 0 aliphatic heterocycles. The maximum atomic E-state index is 9.52. The summed E-state index contributed by atoms with van der Waals surface area (Å²) in [5.74, 6) is 2.18. The SMILES string of the molecule is CCNC(C)(CO)CCOC1CC(C)CCC1C(C)C. The summed E-state index contributed by atoms with van der Waals surface area (Å²) in [4.78, 5) is 0. The summed E-state index contributed by atoms with van der Waals surface area (Å²) in [6.07, 6.45) is 5.11. The molecule has 1 saturated carbocycles. The van der Waals surface area contributed by atoms with Crippen LogP contribution in [0.3, 0.4) is 0 Å². The van der Waals surface area contributed by atoms with Crippen molar-refractivity contribution in [2.45, 2.75) is 71.9 Å². The third kappa shape index (κ3) is 5.34. The molecule has 0 aromatic heterocycles. The lowest BCUT2D eigenvalue weighted by Crippen LogP contribution is -2.47. The Labute approximate surface area is 125 Å². The van der Waals surface area contributed by atoms with Crippen LogP contribution in [0.15, 0.2) is 0 Å². The average Bonchev–Trinajstić information content (AvgIpc) is 2.38. The molecule has 0 aromatic rings. The van der Waals surface area contributed by atoms with Gasteiger partial charge in [-0.05, 0) is 50.5 Å². The van der Waals surface area contributed by atoms with Crippen LogP contribution in [0.4, 0.5) is 0 Å². The number of nitrogens with one attached hydrogen (secondary N) is 1. The topological polar surface area (TPSA) is 41.5 Å². The van der Waals surface area contributed by atoms with Gasteiger partial charge in [-0.15, -0.1) is 0 Å². The highest BCUT2D eigenvalue weighted by Gasteiger charge is 2.32. The largest absolute Gasteiger partial charge is 0.394 e. The third-order valence-corrected chi connectivity index (χ3v) is 4.90. The summed E-state index contributed by atoms with van der Waals surface area (Å²) in [7, 11) is 0. The Balaban J connectivity index is 2.45. The van der Waals surface area contributed by atoms with Gasteiger partial charge in [0.1, 0.15) is 0 Å². The fourth-order valence-corrected chi connectivity index (χ4v) is 3.39. The number of likely N-dealkylation sites (N-methyl/N-ethyl adjacent to an activating group) is 1. The van der Waals surface area contributed by atoms with Crippen LogP contribution in [-0.4, -0.2) is 36.5 Å². The molecule has 4 atom stereocenters. The van der Waals surface area contributed by atoms with Gasteiger partial charge in [0.05, 0.1) is 12.7 Å². The highest BCUT2D eigenvalue weighted by molar-refractivity contribution is 4.84. The van der Waals surface area contributed by atoms with Gasteiger partial charge in [-0.1, -0.05) is 34.1 Å². The minimum Gasteiger partial charge on any atom is -0.394 e. The molecule has 1 rings (SSSR count). The lowest BCUT2D eigenvalue weighted by atomic mass is 9.75. The van der Waals surface area contributed by atoms with Gasteiger partial charge in [0.15, 0.2) is 0 Å². The summed E-state index contributed by atoms with van der Waals surface area (Å²) in [5.41, 5.74) is -0.206. The highest BCUT2D eigenvalue weighted by Crippen LogP contribution is 2.35. The van der Waals surface area contributed by atoms with Crippen molar-refractivity contribution >= 4 is 0 Å². The summed E-state index contributed by atoms with van der Waals surface area (Å²) in [5, 5.41) is 12.9. The van der Waals surface area contributed by atoms with E-state index in [9.17, 15) is 5.11 Å². The van der Waals surface area contributed by atoms with E-state index < -0.39 is 0 Å². The van der Waals surface area contributed by atoms with Crippen LogP contribution >= 0.6 is 0 Å². The molecule has 0 aromatic carbocycles. The first-order chi connectivity index (χ1) is 9.41. The van der Waals surface area contributed by atoms with Gasteiger partial charge in [-0.25, -0.2) is 0 Å². The maximum absolute atomic E-state index is 9.52. The van der Waals surface area contributed by atoms with Crippen LogP contribution in [0.5, 0.6) is 0 Å². The first-order valence-electron chi connectivity index (χ1n) is 8.39. The monoisotopic (exact) mass is 285 g/mol. The number of hydrogen-bond donors (Lipinski definition) is 2. The predicted octanol–water partition coefficient (Wildman–Crippen LogP) is 3.21. The normalized spacial score (nSPS) is 30.4. The lowest BCUT2D eigenvalue weighted by molar-refractivity contribution is -0.0465. The fourth-order valence-electron chi connectivity index (χ4n) is 3.39. The molecule has 4 unspecified atom stereocenters. The number of aliphatic hydroxyl groups is 1. The maximum Gasteiger partial charge on any atom is 0.0611 e. The molecule has 1 aliphatic rings. The number of aliphatic hydroxyl groups excluding tert-OH is 1. The Kier molecular flexibility index (Phi) is 7.49. The molecule has 1 aliphatic carbocycles. The molecule has 3 nitrogen and oxygen atoms in total. The molecule has 0 spiro atoms. The van der Waals surface area contributed by atoms with Crippen molar-refractivity contribution in [3.8, 4) is 0 Å². The molecule has 1 fully saturated rings. The van der Waals surface area contributed by atoms with E-state index in [0.717, 1.165) is 25.5 Å². The number of rotatable bonds is 8. The standard InChI is InChI=1S/C17H35NO2/c1-6-18-17(5,12-19)9-10-20-16-11-14(4)7-8-15(16)13(2)3/h13-16,18-19H,6-12H2,1-5H3. The molecule has 20 heavy (non-hydrogen) atoms. The Morgan fingerprint density at radius 2 is 2.05 bits per heavy atom. The minimum absolute atomic E-state index is 0.166. The van der Waals surface area contributed by atoms with Crippen LogP contribution in [0.1, 0.15) is 60.3 Å². The molecule has 0 bridgehead atoms. The van der Waals surface area contributed by atoms with Crippen LogP contribution < -0.4 is 5.32 Å². The highest BCUT2D eigenvalue weighted by atomic mass is 16.5. The molecule has 0 saturated heterocycles. The summed E-state index contributed by atoms with van der Waals surface area (Å²) < 4.78 is 6.22. The summed E-state index contributed by atoms with van der Waals surface area (Å²) >= 11 is 0. The van der Waals surface area contributed by atoms with Crippen LogP contribution in [0.25, 0.3) is 0 Å². The minimum atomic E-state index is -0.206. The van der Waals surface area contributed by atoms with Crippen molar-refractivity contribution in [3.05, 3.63) is 0 Å². The third-order valence-electron chi connectivity index (χ3n) is 4.90. The van der Waals surface area contributed by atoms with Gasteiger partial charge in [-0.3, -0.25) is 0 Å². The van der Waals surface area contributed by atoms with Crippen molar-refractivity contribution in [2.75, 3.05) is 19.8 Å². The van der Waals surface area contributed by atoms with Gasteiger partial charge >= 0.3 is 0 Å². The van der Waals surface area contributed by atoms with E-state index in [1.165, 1.54) is 19.3 Å². The van der Waals surface area contributed by atoms with E-state index in [4.69, 9.17) is 4.74 Å². The number of hydrogen-bond acceptors (Lipinski definition) is 3. The second-order valence-electron chi connectivity index (χ2n) is 7.23. The van der Waals surface area contributed by atoms with E-state index in [0.29, 0.717) is 17.9 Å². The second kappa shape index (κ2) is 8.35. The molecule has 2 N–H and O–H groups in total. The van der Waals surface area contributed by atoms with Crippen LogP contribution in [0, 0.1) is 17.8 Å². The zero-order valence-electron chi connectivity index (χ0n) is 14.1. The van der Waals surface area contributed by atoms with Crippen molar-refractivity contribution < 1.29 is 9.84 Å². The molecule has 0 radical (unpaired) electrons. The van der Waals surface area contributed by atoms with E-state index in [2.05, 4.69) is 39.9 Å². The summed E-state index contributed by atoms with van der Waals surface area (Å²) in [6.45, 7) is 12.9. The first kappa shape index (κ1) is 17.9. The van der Waals surface area contributed by atoms with Crippen LogP contribution in [-0.2, 0) is 4.74 Å². The van der Waals surface area contributed by atoms with Gasteiger partial charge in [0, 0.05) is 12.1 Å². The van der Waals surface area contributed by atoms with Gasteiger partial charge in [0.2, 0.25) is 0 Å². The lowest BCUT2D eigenvalue weighted by Gasteiger charge is -2.38. The van der Waals surface area contributed by atoms with Crippen molar-refractivity contribution in [1.82, 2.24) is 5.32 Å². The first-order valence-corrected chi connectivity index (χ1v) is 8.39. The van der Waals surface area contributed by atoms with Crippen molar-refractivity contribution in [1.29, 1.82) is 0 Å². The molecule has 0 amide bonds. The number of ether oxygens (including phenoxy) is 1. The Bertz CT molecular complexity index is 270. The fraction of sp³-hybridized carbons (Fsp3) is 1.00. The molecular weight excluding hydrogens is 250 g/mol. The Morgan fingerprint density at radius 1 is 1.35 bits per heavy atom. The van der Waals surface area contributed by atoms with Crippen LogP contribution in [0.2, 0.25) is 0 Å². The van der Waals surface area contributed by atoms with E-state index in [1.54, 1.807) is 0 Å². The van der Waals surface area contributed by atoms with E-state index in [-0.39, 0.29) is 12.1 Å². The quantitative estimate of drug-likeness (QED) is 0.719. The Hall–Kier alpha value is -0.120. The van der Waals surface area contributed by atoms with Gasteiger partial charge < -0.3 is 15.2 Å². The smallest absolute Gasteiger partial charge is 0.0611 e. The second-order valence-corrected chi connectivity index (χ2v) is 7.23. The zero-order valence-corrected chi connectivity index (χ0v) is 14.1. The molecule has 0 heterocycles. The van der Waals surface area contributed by atoms with E-state index in [1.807, 2.05) is 0 Å². The molecule has 120 valence electrons. The zero-order chi connectivity index (χ0) is 15.2. The molecular formula is C17H35NO2. The average molecular weight is 285 g/mol. The molecule has 3 heteroatoms. The van der Waals surface area contributed by atoms with Crippen molar-refractivity contribution in [3.63, 3.8) is 0 Å². The van der Waals surface area contributed by atoms with Gasteiger partial charge in [0.25, 0.3) is 0 Å². The Morgan fingerprint density at radius 3 is 2.60 bits per heavy atom. The van der Waals surface area contributed by atoms with E-state index >= 15 is 0 Å². The van der Waals surface area contributed by atoms with Crippen molar-refractivity contribution in [2.24, 2.45) is 17.8 Å².